The van der Waals surface area contributed by atoms with Crippen LogP contribution < -0.4 is 20.3 Å². The Kier molecular flexibility index (Phi) is 8.66. The topological polar surface area (TPSA) is 117 Å². The van der Waals surface area contributed by atoms with Gasteiger partial charge in [-0.2, -0.15) is 0 Å². The second-order valence-electron chi connectivity index (χ2n) is 11.0. The number of aromatic nitrogens is 2. The van der Waals surface area contributed by atoms with E-state index in [2.05, 4.69) is 25.3 Å². The number of benzene rings is 3. The van der Waals surface area contributed by atoms with Gasteiger partial charge in [0.2, 0.25) is 5.91 Å². The van der Waals surface area contributed by atoms with Crippen LogP contribution in [0.25, 0.3) is 22.3 Å². The third-order valence-corrected chi connectivity index (χ3v) is 7.50. The molecular formula is C31H29ClF3N5O4. The lowest BCUT2D eigenvalue weighted by Gasteiger charge is -2.33. The van der Waals surface area contributed by atoms with Crippen molar-refractivity contribution in [2.45, 2.75) is 33.2 Å². The fourth-order valence-electron chi connectivity index (χ4n) is 4.44. The molecule has 0 unspecified atom stereocenters. The number of amides is 2. The van der Waals surface area contributed by atoms with Gasteiger partial charge in [0.15, 0.2) is 5.82 Å². The molecule has 1 fully saturated rings. The second-order valence-corrected chi connectivity index (χ2v) is 11.4. The summed E-state index contributed by atoms with van der Waals surface area (Å²) < 4.78 is 41.8. The van der Waals surface area contributed by atoms with Gasteiger partial charge in [0, 0.05) is 36.3 Å². The number of ether oxygens (including phenoxy) is 1. The van der Waals surface area contributed by atoms with Gasteiger partial charge in [0.25, 0.3) is 5.91 Å². The summed E-state index contributed by atoms with van der Waals surface area (Å²) in [4.78, 5) is 37.1. The van der Waals surface area contributed by atoms with Gasteiger partial charge in [-0.1, -0.05) is 17.7 Å². The molecule has 0 atom stereocenters. The molecule has 4 aromatic rings. The third kappa shape index (κ3) is 7.03. The van der Waals surface area contributed by atoms with Gasteiger partial charge in [-0.3, -0.25) is 9.59 Å². The molecule has 1 aliphatic rings. The van der Waals surface area contributed by atoms with E-state index in [0.29, 0.717) is 34.0 Å². The Morgan fingerprint density at radius 2 is 1.75 bits per heavy atom. The molecule has 0 spiro atoms. The number of nitrogens with one attached hydrogen (secondary N) is 2. The van der Waals surface area contributed by atoms with Crippen LogP contribution in [-0.4, -0.2) is 52.9 Å². The second kappa shape index (κ2) is 12.3. The first kappa shape index (κ1) is 31.0. The average molecular weight is 628 g/mol. The molecule has 2 amide bonds. The van der Waals surface area contributed by atoms with Gasteiger partial charge in [0.05, 0.1) is 28.1 Å². The Balaban J connectivity index is 1.40. The van der Waals surface area contributed by atoms with E-state index in [1.54, 1.807) is 50.2 Å². The predicted molar refractivity (Wildman–Crippen MR) is 161 cm³/mol. The molecule has 3 aromatic carbocycles. The largest absolute Gasteiger partial charge is 0.573 e. The van der Waals surface area contributed by atoms with Crippen molar-refractivity contribution in [3.05, 3.63) is 76.8 Å². The lowest BCUT2D eigenvalue weighted by atomic mass is 9.93. The van der Waals surface area contributed by atoms with E-state index in [9.17, 15) is 27.9 Å². The molecule has 1 aliphatic heterocycles. The Morgan fingerprint density at radius 3 is 2.39 bits per heavy atom. The van der Waals surface area contributed by atoms with Crippen LogP contribution in [0.3, 0.4) is 0 Å². The molecule has 9 nitrogen and oxygen atoms in total. The number of carbonyl (C=O) groups is 2. The predicted octanol–water partition coefficient (Wildman–Crippen LogP) is 5.95. The minimum atomic E-state index is -4.80. The van der Waals surface area contributed by atoms with Gasteiger partial charge in [0.1, 0.15) is 11.6 Å². The number of aliphatic hydroxyl groups excluding tert-OH is 1. The van der Waals surface area contributed by atoms with Gasteiger partial charge >= 0.3 is 6.36 Å². The first-order valence-electron chi connectivity index (χ1n) is 13.7. The van der Waals surface area contributed by atoms with Crippen molar-refractivity contribution in [1.82, 2.24) is 15.3 Å². The molecule has 0 aliphatic carbocycles. The quantitative estimate of drug-likeness (QED) is 0.210. The molecule has 13 heteroatoms. The zero-order valence-electron chi connectivity index (χ0n) is 23.8. The number of carbonyl (C=O) groups excluding carboxylic acids is 2. The fraction of sp³-hybridized carbons (Fsp3) is 0.290. The van der Waals surface area contributed by atoms with Crippen LogP contribution in [0.15, 0.2) is 60.7 Å². The first-order chi connectivity index (χ1) is 20.8. The average Bonchev–Trinajstić information content (AvgIpc) is 2.94. The Morgan fingerprint density at radius 1 is 1.02 bits per heavy atom. The number of fused-ring (bicyclic) bond motifs is 1. The van der Waals surface area contributed by atoms with E-state index in [1.807, 2.05) is 0 Å². The highest BCUT2D eigenvalue weighted by molar-refractivity contribution is 6.34. The molecule has 0 saturated carbocycles. The van der Waals surface area contributed by atoms with E-state index < -0.39 is 17.7 Å². The van der Waals surface area contributed by atoms with Crippen LogP contribution in [-0.2, 0) is 11.3 Å². The number of anilines is 2. The maximum absolute atomic E-state index is 13.3. The minimum Gasteiger partial charge on any atom is -0.406 e. The number of rotatable bonds is 9. The van der Waals surface area contributed by atoms with Gasteiger partial charge in [-0.25, -0.2) is 9.97 Å². The highest BCUT2D eigenvalue weighted by Gasteiger charge is 2.31. The van der Waals surface area contributed by atoms with Crippen molar-refractivity contribution < 1.29 is 32.6 Å². The van der Waals surface area contributed by atoms with E-state index in [0.717, 1.165) is 24.9 Å². The normalized spacial score (nSPS) is 13.4. The fourth-order valence-corrected chi connectivity index (χ4v) is 4.65. The first-order valence-corrected chi connectivity index (χ1v) is 14.1. The molecule has 0 radical (unpaired) electrons. The lowest BCUT2D eigenvalue weighted by molar-refractivity contribution is -0.274. The third-order valence-electron chi connectivity index (χ3n) is 7.17. The molecular weight excluding hydrogens is 599 g/mol. The van der Waals surface area contributed by atoms with Crippen molar-refractivity contribution in [3.8, 4) is 17.1 Å². The van der Waals surface area contributed by atoms with Crippen molar-refractivity contribution in [2.75, 3.05) is 29.9 Å². The van der Waals surface area contributed by atoms with Crippen molar-refractivity contribution in [3.63, 3.8) is 0 Å². The summed E-state index contributed by atoms with van der Waals surface area (Å²) in [5, 5.41) is 16.0. The monoisotopic (exact) mass is 627 g/mol. The molecule has 1 aromatic heterocycles. The number of aliphatic hydroxyl groups is 1. The maximum atomic E-state index is 13.3. The van der Waals surface area contributed by atoms with Crippen molar-refractivity contribution in [1.29, 1.82) is 0 Å². The van der Waals surface area contributed by atoms with E-state index in [4.69, 9.17) is 16.6 Å². The lowest BCUT2D eigenvalue weighted by Crippen LogP contribution is -2.38. The number of nitrogens with zero attached hydrogens (tertiary/aromatic N) is 3. The van der Waals surface area contributed by atoms with Crippen molar-refractivity contribution in [2.24, 2.45) is 5.41 Å². The summed E-state index contributed by atoms with van der Waals surface area (Å²) >= 11 is 6.34. The van der Waals surface area contributed by atoms with Crippen LogP contribution in [0.1, 0.15) is 36.2 Å². The summed E-state index contributed by atoms with van der Waals surface area (Å²) in [5.74, 6) is -0.165. The summed E-state index contributed by atoms with van der Waals surface area (Å²) in [6, 6.07) is 15.4. The summed E-state index contributed by atoms with van der Waals surface area (Å²) in [6.45, 7) is 4.67. The van der Waals surface area contributed by atoms with Gasteiger partial charge in [-0.05, 0) is 80.4 Å². The standard InChI is InChI=1S/C31H29ClF3N5O4/c1-30(2,17-41)29(43)36-16-18-4-11-24(32)23(14-18)28(42)37-20-7-10-22-25(15-20)38-26(39-27(22)40-12-3-13-40)19-5-8-21(9-6-19)44-31(33,34)35/h4-11,14-15,41H,3,12-13,16-17H2,1-2H3,(H,36,43)(H,37,42). The van der Waals surface area contributed by atoms with Crippen LogP contribution in [0.4, 0.5) is 24.7 Å². The van der Waals surface area contributed by atoms with E-state index in [1.165, 1.54) is 24.3 Å². The Hall–Kier alpha value is -4.42. The number of alkyl halides is 3. The minimum absolute atomic E-state index is 0.137. The molecule has 44 heavy (non-hydrogen) atoms. The molecule has 1 saturated heterocycles. The number of hydrogen-bond acceptors (Lipinski definition) is 7. The molecule has 0 bridgehead atoms. The van der Waals surface area contributed by atoms with Gasteiger partial charge < -0.3 is 25.4 Å². The van der Waals surface area contributed by atoms with E-state index >= 15 is 0 Å². The summed E-state index contributed by atoms with van der Waals surface area (Å²) in [6.07, 6.45) is -3.80. The van der Waals surface area contributed by atoms with Crippen LogP contribution in [0.5, 0.6) is 5.75 Å². The SMILES string of the molecule is CC(C)(CO)C(=O)NCc1ccc(Cl)c(C(=O)Nc2ccc3c(N4CCC4)nc(-c4ccc(OC(F)(F)F)cc4)nc3c2)c1. The molecule has 3 N–H and O–H groups in total. The zero-order chi connectivity index (χ0) is 31.6. The summed E-state index contributed by atoms with van der Waals surface area (Å²) in [5.41, 5.74) is 1.35. The molecule has 2 heterocycles. The number of halogens is 4. The Bertz CT molecular complexity index is 1710. The van der Waals surface area contributed by atoms with Crippen LogP contribution in [0.2, 0.25) is 5.02 Å². The molecule has 230 valence electrons. The number of hydrogen-bond donors (Lipinski definition) is 3. The Labute approximate surface area is 256 Å². The van der Waals surface area contributed by atoms with Crippen molar-refractivity contribution >= 4 is 45.8 Å². The zero-order valence-corrected chi connectivity index (χ0v) is 24.6. The van der Waals surface area contributed by atoms with E-state index in [-0.39, 0.29) is 35.4 Å². The summed E-state index contributed by atoms with van der Waals surface area (Å²) in [7, 11) is 0. The maximum Gasteiger partial charge on any atom is 0.573 e. The smallest absolute Gasteiger partial charge is 0.406 e. The van der Waals surface area contributed by atoms with Crippen LogP contribution in [0, 0.1) is 5.41 Å². The highest BCUT2D eigenvalue weighted by atomic mass is 35.5. The van der Waals surface area contributed by atoms with Crippen LogP contribution >= 0.6 is 11.6 Å². The highest BCUT2D eigenvalue weighted by Crippen LogP contribution is 2.33. The van der Waals surface area contributed by atoms with Gasteiger partial charge in [-0.15, -0.1) is 13.2 Å². The molecule has 5 rings (SSSR count).